The molecule has 5 heterocycles. The fourth-order valence-electron chi connectivity index (χ4n) is 4.73. The van der Waals surface area contributed by atoms with E-state index in [2.05, 4.69) is 36.4 Å². The fraction of sp³-hybridized carbons (Fsp3) is 0.435. The van der Waals surface area contributed by atoms with Crippen LogP contribution in [0.4, 0.5) is 16.0 Å². The number of rotatable bonds is 6. The molecule has 12 heteroatoms. The minimum absolute atomic E-state index is 0.0668. The van der Waals surface area contributed by atoms with E-state index in [0.717, 1.165) is 37.2 Å². The maximum Gasteiger partial charge on any atom is 0.231 e. The van der Waals surface area contributed by atoms with Crippen LogP contribution in [0.1, 0.15) is 37.1 Å². The predicted octanol–water partition coefficient (Wildman–Crippen LogP) is 2.53. The molecule has 2 unspecified atom stereocenters. The summed E-state index contributed by atoms with van der Waals surface area (Å²) in [4.78, 5) is 26.6. The Morgan fingerprint density at radius 3 is 2.57 bits per heavy atom. The molecule has 0 bridgehead atoms. The van der Waals surface area contributed by atoms with Crippen molar-refractivity contribution in [3.8, 4) is 11.6 Å². The summed E-state index contributed by atoms with van der Waals surface area (Å²) in [7, 11) is 0. The van der Waals surface area contributed by atoms with Crippen molar-refractivity contribution in [1.29, 1.82) is 0 Å². The molecule has 10 nitrogen and oxygen atoms in total. The molecule has 0 amide bonds. The Bertz CT molecular complexity index is 1210. The number of halogens is 1. The van der Waals surface area contributed by atoms with Gasteiger partial charge < -0.3 is 9.80 Å². The zero-order chi connectivity index (χ0) is 24.4. The van der Waals surface area contributed by atoms with Crippen LogP contribution in [-0.4, -0.2) is 59.9 Å². The largest absolute Gasteiger partial charge is 0.356 e. The van der Waals surface area contributed by atoms with Gasteiger partial charge in [-0.15, -0.1) is 0 Å². The van der Waals surface area contributed by atoms with Gasteiger partial charge in [-0.25, -0.2) is 38.2 Å². The molecule has 1 saturated heterocycles. The number of anilines is 2. The highest BCUT2D eigenvalue weighted by Crippen LogP contribution is 2.34. The Kier molecular flexibility index (Phi) is 6.93. The van der Waals surface area contributed by atoms with Gasteiger partial charge >= 0.3 is 0 Å². The van der Waals surface area contributed by atoms with Gasteiger partial charge in [-0.3, -0.25) is 4.55 Å². The van der Waals surface area contributed by atoms with Gasteiger partial charge in [0.1, 0.15) is 17.5 Å². The summed E-state index contributed by atoms with van der Waals surface area (Å²) >= 11 is -2.00. The lowest BCUT2D eigenvalue weighted by molar-refractivity contribution is 0.398. The molecule has 184 valence electrons. The van der Waals surface area contributed by atoms with Crippen LogP contribution in [0, 0.1) is 11.7 Å². The third kappa shape index (κ3) is 5.29. The lowest BCUT2D eigenvalue weighted by atomic mass is 9.97. The summed E-state index contributed by atoms with van der Waals surface area (Å²) in [6.45, 7) is 4.63. The van der Waals surface area contributed by atoms with Gasteiger partial charge in [0.25, 0.3) is 0 Å². The summed E-state index contributed by atoms with van der Waals surface area (Å²) in [6.07, 6.45) is 7.51. The molecule has 35 heavy (non-hydrogen) atoms. The van der Waals surface area contributed by atoms with Crippen molar-refractivity contribution in [2.24, 2.45) is 5.92 Å². The third-order valence-corrected chi connectivity index (χ3v) is 7.08. The summed E-state index contributed by atoms with van der Waals surface area (Å²) in [5, 5.41) is 0. The zero-order valence-electron chi connectivity index (χ0n) is 19.3. The van der Waals surface area contributed by atoms with Crippen molar-refractivity contribution < 1.29 is 13.2 Å². The van der Waals surface area contributed by atoms with Gasteiger partial charge in [0.05, 0.1) is 11.7 Å². The van der Waals surface area contributed by atoms with Crippen molar-refractivity contribution in [3.05, 3.63) is 53.9 Å². The monoisotopic (exact) mass is 498 g/mol. The quantitative estimate of drug-likeness (QED) is 0.494. The van der Waals surface area contributed by atoms with Crippen molar-refractivity contribution in [3.63, 3.8) is 0 Å². The maximum atomic E-state index is 14.7. The Hall–Kier alpha value is -3.09. The van der Waals surface area contributed by atoms with Gasteiger partial charge in [0.15, 0.2) is 11.6 Å². The number of fused-ring (bicyclic) bond motifs is 1. The van der Waals surface area contributed by atoms with Crippen LogP contribution >= 0.6 is 0 Å². The molecular formula is C23H27FN8O2S. The first-order valence-electron chi connectivity index (χ1n) is 11.6. The highest BCUT2D eigenvalue weighted by molar-refractivity contribution is 7.77. The third-order valence-electron chi connectivity index (χ3n) is 6.66. The minimum Gasteiger partial charge on any atom is -0.356 e. The molecule has 0 aliphatic carbocycles. The second-order valence-electron chi connectivity index (χ2n) is 8.82. The Morgan fingerprint density at radius 2 is 1.83 bits per heavy atom. The second-order valence-corrected chi connectivity index (χ2v) is 9.60. The number of hydrogen-bond donors (Lipinski definition) is 2. The van der Waals surface area contributed by atoms with Crippen LogP contribution < -0.4 is 14.5 Å². The van der Waals surface area contributed by atoms with Crippen LogP contribution in [0.15, 0.2) is 36.8 Å². The molecule has 0 radical (unpaired) electrons. The smallest absolute Gasteiger partial charge is 0.231 e. The van der Waals surface area contributed by atoms with E-state index in [1.807, 2.05) is 6.20 Å². The molecule has 0 spiro atoms. The number of piperidine rings is 1. The topological polar surface area (TPSA) is 120 Å². The number of hydrogen-bond acceptors (Lipinski definition) is 8. The van der Waals surface area contributed by atoms with Gasteiger partial charge in [0.2, 0.25) is 11.3 Å². The van der Waals surface area contributed by atoms with Crippen LogP contribution in [0.25, 0.3) is 11.6 Å². The first kappa shape index (κ1) is 23.6. The summed E-state index contributed by atoms with van der Waals surface area (Å²) in [5.41, 5.74) is 1.93. The van der Waals surface area contributed by atoms with E-state index in [0.29, 0.717) is 48.7 Å². The highest BCUT2D eigenvalue weighted by atomic mass is 32.2. The molecule has 2 aliphatic rings. The van der Waals surface area contributed by atoms with Gasteiger partial charge in [-0.1, -0.05) is 0 Å². The van der Waals surface area contributed by atoms with E-state index in [9.17, 15) is 8.60 Å². The normalized spacial score (nSPS) is 19.5. The summed E-state index contributed by atoms with van der Waals surface area (Å²) < 4.78 is 37.0. The predicted molar refractivity (Wildman–Crippen MR) is 130 cm³/mol. The highest BCUT2D eigenvalue weighted by Gasteiger charge is 2.28. The fourth-order valence-corrected chi connectivity index (χ4v) is 5.11. The van der Waals surface area contributed by atoms with Gasteiger partial charge in [-0.2, -0.15) is 0 Å². The van der Waals surface area contributed by atoms with Crippen molar-refractivity contribution in [1.82, 2.24) is 29.6 Å². The molecule has 1 fully saturated rings. The van der Waals surface area contributed by atoms with Crippen LogP contribution in [0.5, 0.6) is 0 Å². The summed E-state index contributed by atoms with van der Waals surface area (Å²) in [6, 6.07) is 4.64. The average Bonchev–Trinajstić information content (AvgIpc) is 2.88. The van der Waals surface area contributed by atoms with E-state index in [-0.39, 0.29) is 11.9 Å². The van der Waals surface area contributed by atoms with Crippen LogP contribution in [0.2, 0.25) is 0 Å². The Balaban J connectivity index is 1.32. The first-order chi connectivity index (χ1) is 17.0. The number of nitrogens with one attached hydrogen (secondary N) is 1. The molecule has 2 aliphatic heterocycles. The number of aromatic nitrogens is 5. The van der Waals surface area contributed by atoms with E-state index < -0.39 is 11.3 Å². The van der Waals surface area contributed by atoms with Gasteiger partial charge in [0, 0.05) is 68.9 Å². The SMILES string of the molecule is CC1c2cnc(-c3ncccn3)nc2CCN1c1cc(F)cc(N2CCC(CNS(=O)O)CC2)n1. The van der Waals surface area contributed by atoms with Gasteiger partial charge in [-0.05, 0) is 31.7 Å². The molecule has 0 saturated carbocycles. The number of nitrogens with zero attached hydrogens (tertiary/aromatic N) is 7. The molecule has 2 atom stereocenters. The molecule has 2 N–H and O–H groups in total. The maximum absolute atomic E-state index is 14.7. The molecule has 5 rings (SSSR count). The van der Waals surface area contributed by atoms with Crippen molar-refractivity contribution >= 4 is 22.9 Å². The minimum atomic E-state index is -2.00. The standard InChI is InChI=1S/C23H27FN8O2S/c1-15-18-14-27-23(22-25-6-2-7-26-22)29-19(18)5-10-32(15)21-12-17(24)11-20(30-21)31-8-3-16(4-9-31)13-28-35(33)34/h2,6-7,11-12,14-16,28H,3-5,8-10,13H2,1H3,(H,33,34). The lowest BCUT2D eigenvalue weighted by Gasteiger charge is -2.37. The lowest BCUT2D eigenvalue weighted by Crippen LogP contribution is -2.39. The molecule has 3 aromatic rings. The Morgan fingerprint density at radius 1 is 1.09 bits per heavy atom. The van der Waals surface area contributed by atoms with E-state index in [1.54, 1.807) is 18.5 Å². The second kappa shape index (κ2) is 10.3. The first-order valence-corrected chi connectivity index (χ1v) is 12.8. The van der Waals surface area contributed by atoms with E-state index in [4.69, 9.17) is 14.5 Å². The van der Waals surface area contributed by atoms with Crippen LogP contribution in [0.3, 0.4) is 0 Å². The molecule has 0 aromatic carbocycles. The van der Waals surface area contributed by atoms with Crippen molar-refractivity contribution in [2.75, 3.05) is 36.0 Å². The van der Waals surface area contributed by atoms with Crippen LogP contribution in [-0.2, 0) is 17.7 Å². The Labute approximate surface area is 205 Å². The van der Waals surface area contributed by atoms with Crippen molar-refractivity contribution in [2.45, 2.75) is 32.2 Å². The van der Waals surface area contributed by atoms with E-state index >= 15 is 0 Å². The number of pyridine rings is 1. The average molecular weight is 499 g/mol. The summed E-state index contributed by atoms with van der Waals surface area (Å²) in [5.74, 6) is 2.18. The molecule has 3 aromatic heterocycles. The molecular weight excluding hydrogens is 471 g/mol. The van der Waals surface area contributed by atoms with E-state index in [1.165, 1.54) is 12.1 Å². The zero-order valence-corrected chi connectivity index (χ0v) is 20.2.